The number of piperidine rings is 1. The molecule has 10 nitrogen and oxygen atoms in total. The molecule has 2 aliphatic rings. The highest BCUT2D eigenvalue weighted by atomic mass is 19.3. The third-order valence-electron chi connectivity index (χ3n) is 6.28. The number of rotatable bonds is 5. The minimum Gasteiger partial charge on any atom is -0.429 e. The molecule has 0 aromatic carbocycles. The molecule has 1 aliphatic carbocycles. The number of hydrogen-bond donors (Lipinski definition) is 2. The van der Waals surface area contributed by atoms with Gasteiger partial charge in [0.25, 0.3) is 5.56 Å². The van der Waals surface area contributed by atoms with Gasteiger partial charge >= 0.3 is 6.61 Å². The van der Waals surface area contributed by atoms with Crippen molar-refractivity contribution in [1.29, 1.82) is 0 Å². The number of alkyl halides is 2. The third kappa shape index (κ3) is 4.52. The highest BCUT2D eigenvalue weighted by Gasteiger charge is 2.40. The Kier molecular flexibility index (Phi) is 6.04. The van der Waals surface area contributed by atoms with E-state index < -0.39 is 29.6 Å². The van der Waals surface area contributed by atoms with E-state index in [-0.39, 0.29) is 42.4 Å². The number of anilines is 1. The van der Waals surface area contributed by atoms with Gasteiger partial charge in [-0.1, -0.05) is 0 Å². The Labute approximate surface area is 187 Å². The normalized spacial score (nSPS) is 25.6. The van der Waals surface area contributed by atoms with Gasteiger partial charge in [0.05, 0.1) is 11.6 Å². The van der Waals surface area contributed by atoms with Crippen molar-refractivity contribution in [3.8, 4) is 5.75 Å². The lowest BCUT2D eigenvalue weighted by atomic mass is 10.00. The van der Waals surface area contributed by atoms with Crippen molar-refractivity contribution >= 4 is 28.8 Å². The second-order valence-corrected chi connectivity index (χ2v) is 8.70. The van der Waals surface area contributed by atoms with Crippen LogP contribution in [0.1, 0.15) is 52.0 Å². The molecule has 0 spiro atoms. The first kappa shape index (κ1) is 23.0. The van der Waals surface area contributed by atoms with Gasteiger partial charge in [-0.2, -0.15) is 13.8 Å². The zero-order chi connectivity index (χ0) is 23.9. The first-order valence-electron chi connectivity index (χ1n) is 10.7. The van der Waals surface area contributed by atoms with Gasteiger partial charge in [-0.3, -0.25) is 23.9 Å². The molecule has 1 unspecified atom stereocenters. The lowest BCUT2D eigenvalue weighted by Crippen LogP contribution is -2.45. The Morgan fingerprint density at radius 1 is 1.36 bits per heavy atom. The first-order chi connectivity index (χ1) is 15.6. The zero-order valence-electron chi connectivity index (χ0n) is 18.3. The molecule has 3 atom stereocenters. The van der Waals surface area contributed by atoms with E-state index in [9.17, 15) is 28.3 Å². The van der Waals surface area contributed by atoms with Gasteiger partial charge in [0.15, 0.2) is 5.75 Å². The molecule has 2 fully saturated rings. The van der Waals surface area contributed by atoms with Crippen molar-refractivity contribution < 1.29 is 28.2 Å². The SMILES string of the molecule is CC(=O)N1CCC(Nc2ncc3cc(OC(F)F)c(=O)n([C@@H]4CCC[C@@]4(C)O)c3n2)CC1=O. The van der Waals surface area contributed by atoms with Crippen molar-refractivity contribution in [2.75, 3.05) is 11.9 Å². The minimum absolute atomic E-state index is 0.0757. The number of ether oxygens (including phenoxy) is 1. The molecule has 2 aromatic rings. The van der Waals surface area contributed by atoms with Crippen LogP contribution in [-0.4, -0.2) is 61.2 Å². The van der Waals surface area contributed by atoms with Crippen molar-refractivity contribution in [1.82, 2.24) is 19.4 Å². The maximum atomic E-state index is 13.1. The van der Waals surface area contributed by atoms with Gasteiger partial charge < -0.3 is 15.2 Å². The fourth-order valence-electron chi connectivity index (χ4n) is 4.64. The summed E-state index contributed by atoms with van der Waals surface area (Å²) >= 11 is 0. The van der Waals surface area contributed by atoms with E-state index in [2.05, 4.69) is 20.0 Å². The number of amides is 2. The summed E-state index contributed by atoms with van der Waals surface area (Å²) in [5.41, 5.74) is -1.88. The summed E-state index contributed by atoms with van der Waals surface area (Å²) in [7, 11) is 0. The monoisotopic (exact) mass is 465 g/mol. The minimum atomic E-state index is -3.19. The number of likely N-dealkylation sites (tertiary alicyclic amines) is 1. The number of aromatic nitrogens is 3. The van der Waals surface area contributed by atoms with Crippen LogP contribution in [0, 0.1) is 0 Å². The molecule has 4 rings (SSSR count). The molecular formula is C21H25F2N5O5. The van der Waals surface area contributed by atoms with Crippen LogP contribution in [0.4, 0.5) is 14.7 Å². The second-order valence-electron chi connectivity index (χ2n) is 8.70. The summed E-state index contributed by atoms with van der Waals surface area (Å²) in [4.78, 5) is 46.6. The average molecular weight is 465 g/mol. The van der Waals surface area contributed by atoms with Crippen molar-refractivity contribution in [3.63, 3.8) is 0 Å². The molecule has 0 radical (unpaired) electrons. The van der Waals surface area contributed by atoms with Crippen LogP contribution in [-0.2, 0) is 9.59 Å². The zero-order valence-corrected chi connectivity index (χ0v) is 18.3. The quantitative estimate of drug-likeness (QED) is 0.685. The summed E-state index contributed by atoms with van der Waals surface area (Å²) < 4.78 is 31.4. The van der Waals surface area contributed by atoms with E-state index in [0.29, 0.717) is 31.1 Å². The number of carbonyl (C=O) groups is 2. The molecule has 1 saturated carbocycles. The molecular weight excluding hydrogens is 440 g/mol. The second kappa shape index (κ2) is 8.65. The molecule has 1 aliphatic heterocycles. The number of fused-ring (bicyclic) bond motifs is 1. The number of halogens is 2. The topological polar surface area (TPSA) is 127 Å². The molecule has 33 heavy (non-hydrogen) atoms. The highest BCUT2D eigenvalue weighted by molar-refractivity contribution is 5.95. The number of hydrogen-bond acceptors (Lipinski definition) is 8. The van der Waals surface area contributed by atoms with Gasteiger partial charge in [-0.15, -0.1) is 0 Å². The van der Waals surface area contributed by atoms with E-state index in [1.807, 2.05) is 0 Å². The fraction of sp³-hybridized carbons (Fsp3) is 0.571. The van der Waals surface area contributed by atoms with E-state index in [1.54, 1.807) is 6.92 Å². The predicted molar refractivity (Wildman–Crippen MR) is 113 cm³/mol. The average Bonchev–Trinajstić information content (AvgIpc) is 3.07. The lowest BCUT2D eigenvalue weighted by molar-refractivity contribution is -0.145. The van der Waals surface area contributed by atoms with E-state index in [4.69, 9.17) is 0 Å². The number of carbonyl (C=O) groups excluding carboxylic acids is 2. The maximum Gasteiger partial charge on any atom is 0.387 e. The first-order valence-corrected chi connectivity index (χ1v) is 10.7. The van der Waals surface area contributed by atoms with Crippen LogP contribution in [0.5, 0.6) is 5.75 Å². The number of nitrogens with zero attached hydrogens (tertiary/aromatic N) is 4. The summed E-state index contributed by atoms with van der Waals surface area (Å²) in [5, 5.41) is 14.2. The van der Waals surface area contributed by atoms with Gasteiger partial charge in [0.1, 0.15) is 5.65 Å². The van der Waals surface area contributed by atoms with Crippen molar-refractivity contribution in [2.45, 2.75) is 70.2 Å². The standard InChI is InChI=1S/C21H25F2N5O5/c1-11(29)27-7-5-13(9-16(27)30)25-20-24-10-12-8-14(33-19(22)23)18(31)28(17(12)26-20)15-4-3-6-21(15,2)32/h8,10,13,15,19,32H,3-7,9H2,1-2H3,(H,24,25,26)/t13?,15-,21-/m1/s1. The molecule has 12 heteroatoms. The number of imide groups is 1. The van der Waals surface area contributed by atoms with Crippen molar-refractivity contribution in [2.24, 2.45) is 0 Å². The molecule has 178 valence electrons. The fourth-order valence-corrected chi connectivity index (χ4v) is 4.64. The third-order valence-corrected chi connectivity index (χ3v) is 6.28. The van der Waals surface area contributed by atoms with Crippen LogP contribution in [0.25, 0.3) is 11.0 Å². The predicted octanol–water partition coefficient (Wildman–Crippen LogP) is 1.82. The van der Waals surface area contributed by atoms with Crippen molar-refractivity contribution in [3.05, 3.63) is 22.6 Å². The van der Waals surface area contributed by atoms with Gasteiger partial charge in [-0.25, -0.2) is 4.98 Å². The van der Waals surface area contributed by atoms with Crippen LogP contribution in [0.2, 0.25) is 0 Å². The molecule has 2 N–H and O–H groups in total. The molecule has 2 amide bonds. The van der Waals surface area contributed by atoms with Crippen LogP contribution in [0.15, 0.2) is 17.1 Å². The summed E-state index contributed by atoms with van der Waals surface area (Å²) in [6, 6.07) is 0.154. The van der Waals surface area contributed by atoms with E-state index in [1.165, 1.54) is 22.6 Å². The van der Waals surface area contributed by atoms with E-state index >= 15 is 0 Å². The largest absolute Gasteiger partial charge is 0.429 e. The Hall–Kier alpha value is -3.15. The number of nitrogens with one attached hydrogen (secondary N) is 1. The number of aliphatic hydroxyl groups is 1. The maximum absolute atomic E-state index is 13.1. The van der Waals surface area contributed by atoms with E-state index in [0.717, 1.165) is 6.07 Å². The van der Waals surface area contributed by atoms with Crippen LogP contribution >= 0.6 is 0 Å². The Balaban J connectivity index is 1.72. The van der Waals surface area contributed by atoms with Gasteiger partial charge in [-0.05, 0) is 38.7 Å². The highest BCUT2D eigenvalue weighted by Crippen LogP contribution is 2.40. The summed E-state index contributed by atoms with van der Waals surface area (Å²) in [6.07, 6.45) is 3.50. The molecule has 2 aromatic heterocycles. The molecule has 1 saturated heterocycles. The van der Waals surface area contributed by atoms with Gasteiger partial charge in [0, 0.05) is 37.5 Å². The Bertz CT molecular complexity index is 1150. The smallest absolute Gasteiger partial charge is 0.387 e. The Morgan fingerprint density at radius 3 is 2.73 bits per heavy atom. The molecule has 3 heterocycles. The summed E-state index contributed by atoms with van der Waals surface area (Å²) in [6.45, 7) is 0.0104. The number of pyridine rings is 1. The Morgan fingerprint density at radius 2 is 2.12 bits per heavy atom. The lowest BCUT2D eigenvalue weighted by Gasteiger charge is -2.30. The van der Waals surface area contributed by atoms with Crippen LogP contribution < -0.4 is 15.6 Å². The van der Waals surface area contributed by atoms with Gasteiger partial charge in [0.2, 0.25) is 17.8 Å². The summed E-state index contributed by atoms with van der Waals surface area (Å²) in [5.74, 6) is -1.02. The van der Waals surface area contributed by atoms with Crippen LogP contribution in [0.3, 0.4) is 0 Å². The molecule has 0 bridgehead atoms.